The van der Waals surface area contributed by atoms with Gasteiger partial charge in [0, 0.05) is 22.2 Å². The van der Waals surface area contributed by atoms with Gasteiger partial charge < -0.3 is 10.6 Å². The summed E-state index contributed by atoms with van der Waals surface area (Å²) in [7, 11) is 0. The maximum Gasteiger partial charge on any atom is 0.244 e. The molecule has 0 aliphatic rings. The Hall–Kier alpha value is -2.31. The van der Waals surface area contributed by atoms with Gasteiger partial charge in [0.05, 0.1) is 18.8 Å². The molecule has 1 heterocycles. The highest BCUT2D eigenvalue weighted by Crippen LogP contribution is 2.22. The average Bonchev–Trinajstić information content (AvgIpc) is 2.85. The Kier molecular flexibility index (Phi) is 7.27. The van der Waals surface area contributed by atoms with Crippen molar-refractivity contribution in [3.8, 4) is 0 Å². The molecule has 2 N–H and O–H groups in total. The normalized spacial score (nSPS) is 11.6. The van der Waals surface area contributed by atoms with E-state index in [2.05, 4.69) is 15.7 Å². The van der Waals surface area contributed by atoms with Crippen molar-refractivity contribution >= 4 is 41.1 Å². The maximum atomic E-state index is 12.0. The minimum Gasteiger partial charge on any atom is -0.350 e. The second-order valence-corrected chi connectivity index (χ2v) is 8.22. The van der Waals surface area contributed by atoms with Crippen LogP contribution in [0.2, 0.25) is 10.2 Å². The second-order valence-electron chi connectivity index (χ2n) is 7.42. The number of carbonyl (C=O) groups is 2. The summed E-state index contributed by atoms with van der Waals surface area (Å²) in [5.41, 5.74) is 2.02. The van der Waals surface area contributed by atoms with E-state index in [1.54, 1.807) is 10.8 Å². The number of hydrogen-bond donors (Lipinski definition) is 2. The number of rotatable bonds is 6. The molecule has 1 aromatic carbocycles. The fourth-order valence-corrected chi connectivity index (χ4v) is 2.90. The molecule has 0 spiro atoms. The molecule has 8 heteroatoms. The van der Waals surface area contributed by atoms with Gasteiger partial charge in [0.2, 0.25) is 11.8 Å². The predicted molar refractivity (Wildman–Crippen MR) is 112 cm³/mol. The molecule has 2 aromatic rings. The molecule has 0 saturated carbocycles. The van der Waals surface area contributed by atoms with E-state index in [0.29, 0.717) is 28.0 Å². The zero-order chi connectivity index (χ0) is 20.9. The van der Waals surface area contributed by atoms with Gasteiger partial charge in [-0.15, -0.1) is 0 Å². The smallest absolute Gasteiger partial charge is 0.244 e. The summed E-state index contributed by atoms with van der Waals surface area (Å²) in [6, 6.07) is 7.42. The molecular formula is C20H24Cl2N4O2. The van der Waals surface area contributed by atoms with Crippen LogP contribution in [0.4, 0.5) is 0 Å². The standard InChI is InChI=1S/C20H24Cl2N4O2/c1-13-16(9-10-17(27)23-11-18(28)24-20(2,3)4)19(22)26(25-13)12-14-5-7-15(21)8-6-14/h5-10H,11-12H2,1-4H3,(H,23,27)(H,24,28)/b10-9+. The lowest BCUT2D eigenvalue weighted by Crippen LogP contribution is -2.45. The summed E-state index contributed by atoms with van der Waals surface area (Å²) in [5, 5.41) is 10.8. The minimum atomic E-state index is -0.384. The summed E-state index contributed by atoms with van der Waals surface area (Å²) in [6.45, 7) is 7.84. The van der Waals surface area contributed by atoms with Crippen molar-refractivity contribution in [3.63, 3.8) is 0 Å². The molecule has 0 aliphatic carbocycles. The predicted octanol–water partition coefficient (Wildman–Crippen LogP) is 3.59. The van der Waals surface area contributed by atoms with E-state index in [4.69, 9.17) is 23.2 Å². The first kappa shape index (κ1) is 22.0. The van der Waals surface area contributed by atoms with Crippen molar-refractivity contribution in [2.24, 2.45) is 0 Å². The number of halogens is 2. The molecule has 28 heavy (non-hydrogen) atoms. The monoisotopic (exact) mass is 422 g/mol. The molecule has 0 fully saturated rings. The molecule has 0 unspecified atom stereocenters. The highest BCUT2D eigenvalue weighted by Gasteiger charge is 2.14. The second kappa shape index (κ2) is 9.26. The lowest BCUT2D eigenvalue weighted by atomic mass is 10.1. The number of carbonyl (C=O) groups excluding carboxylic acids is 2. The van der Waals surface area contributed by atoms with Crippen molar-refractivity contribution in [2.75, 3.05) is 6.54 Å². The fraction of sp³-hybridized carbons (Fsp3) is 0.350. The first-order valence-corrected chi connectivity index (χ1v) is 9.55. The molecule has 0 radical (unpaired) electrons. The maximum absolute atomic E-state index is 12.0. The summed E-state index contributed by atoms with van der Waals surface area (Å²) >= 11 is 12.3. The van der Waals surface area contributed by atoms with E-state index in [-0.39, 0.29) is 23.9 Å². The van der Waals surface area contributed by atoms with Crippen LogP contribution < -0.4 is 10.6 Å². The SMILES string of the molecule is Cc1nn(Cc2ccc(Cl)cc2)c(Cl)c1/C=C/C(=O)NCC(=O)NC(C)(C)C. The Balaban J connectivity index is 1.99. The Labute approximate surface area is 174 Å². The van der Waals surface area contributed by atoms with Gasteiger partial charge in [-0.2, -0.15) is 5.10 Å². The van der Waals surface area contributed by atoms with Gasteiger partial charge in [-0.05, 0) is 51.5 Å². The van der Waals surface area contributed by atoms with Crippen LogP contribution in [-0.4, -0.2) is 33.7 Å². The summed E-state index contributed by atoms with van der Waals surface area (Å²) in [5.74, 6) is -0.635. The van der Waals surface area contributed by atoms with Crippen LogP contribution in [0.25, 0.3) is 6.08 Å². The Morgan fingerprint density at radius 2 is 1.82 bits per heavy atom. The molecule has 2 amide bonds. The average molecular weight is 423 g/mol. The van der Waals surface area contributed by atoms with Crippen LogP contribution in [0.5, 0.6) is 0 Å². The van der Waals surface area contributed by atoms with Crippen LogP contribution in [0.15, 0.2) is 30.3 Å². The van der Waals surface area contributed by atoms with E-state index >= 15 is 0 Å². The van der Waals surface area contributed by atoms with Gasteiger partial charge >= 0.3 is 0 Å². The summed E-state index contributed by atoms with van der Waals surface area (Å²) in [4.78, 5) is 23.7. The third-order valence-corrected chi connectivity index (χ3v) is 4.34. The van der Waals surface area contributed by atoms with E-state index in [1.165, 1.54) is 6.08 Å². The first-order valence-electron chi connectivity index (χ1n) is 8.79. The van der Waals surface area contributed by atoms with Gasteiger partial charge in [0.15, 0.2) is 0 Å². The fourth-order valence-electron chi connectivity index (χ4n) is 2.47. The quantitative estimate of drug-likeness (QED) is 0.698. The lowest BCUT2D eigenvalue weighted by Gasteiger charge is -2.20. The van der Waals surface area contributed by atoms with Gasteiger partial charge in [0.25, 0.3) is 0 Å². The Bertz CT molecular complexity index is 881. The Morgan fingerprint density at radius 1 is 1.18 bits per heavy atom. The molecule has 6 nitrogen and oxygen atoms in total. The van der Waals surface area contributed by atoms with Crippen molar-refractivity contribution in [2.45, 2.75) is 39.8 Å². The number of benzene rings is 1. The molecule has 0 atom stereocenters. The van der Waals surface area contributed by atoms with Crippen molar-refractivity contribution in [1.82, 2.24) is 20.4 Å². The molecule has 0 aliphatic heterocycles. The molecule has 0 saturated heterocycles. The summed E-state index contributed by atoms with van der Waals surface area (Å²) in [6.07, 6.45) is 2.94. The number of aryl methyl sites for hydroxylation is 1. The van der Waals surface area contributed by atoms with E-state index in [9.17, 15) is 9.59 Å². The first-order chi connectivity index (χ1) is 13.0. The van der Waals surface area contributed by atoms with Crippen LogP contribution in [0, 0.1) is 6.92 Å². The zero-order valence-electron chi connectivity index (χ0n) is 16.3. The third kappa shape index (κ3) is 6.69. The summed E-state index contributed by atoms with van der Waals surface area (Å²) < 4.78 is 1.66. The Morgan fingerprint density at radius 3 is 2.43 bits per heavy atom. The molecule has 1 aromatic heterocycles. The zero-order valence-corrected chi connectivity index (χ0v) is 17.9. The molecular weight excluding hydrogens is 399 g/mol. The number of nitrogens with zero attached hydrogens (tertiary/aromatic N) is 2. The van der Waals surface area contributed by atoms with Gasteiger partial charge in [-0.25, -0.2) is 4.68 Å². The van der Waals surface area contributed by atoms with E-state index in [1.807, 2.05) is 52.0 Å². The van der Waals surface area contributed by atoms with E-state index in [0.717, 1.165) is 5.56 Å². The van der Waals surface area contributed by atoms with Gasteiger partial charge in [-0.1, -0.05) is 35.3 Å². The molecule has 0 bridgehead atoms. The van der Waals surface area contributed by atoms with Crippen LogP contribution >= 0.6 is 23.2 Å². The highest BCUT2D eigenvalue weighted by molar-refractivity contribution is 6.31. The van der Waals surface area contributed by atoms with E-state index < -0.39 is 0 Å². The molecule has 2 rings (SSSR count). The van der Waals surface area contributed by atoms with Crippen molar-refractivity contribution in [1.29, 1.82) is 0 Å². The largest absolute Gasteiger partial charge is 0.350 e. The number of nitrogens with one attached hydrogen (secondary N) is 2. The molecule has 150 valence electrons. The topological polar surface area (TPSA) is 76.0 Å². The van der Waals surface area contributed by atoms with Gasteiger partial charge in [-0.3, -0.25) is 9.59 Å². The number of amides is 2. The minimum absolute atomic E-state index is 0.0943. The van der Waals surface area contributed by atoms with Gasteiger partial charge in [0.1, 0.15) is 5.15 Å². The van der Waals surface area contributed by atoms with Crippen LogP contribution in [-0.2, 0) is 16.1 Å². The lowest BCUT2D eigenvalue weighted by molar-refractivity contribution is -0.124. The van der Waals surface area contributed by atoms with Crippen molar-refractivity contribution in [3.05, 3.63) is 57.3 Å². The number of aromatic nitrogens is 2. The highest BCUT2D eigenvalue weighted by atomic mass is 35.5. The number of hydrogen-bond acceptors (Lipinski definition) is 3. The van der Waals surface area contributed by atoms with Crippen LogP contribution in [0.1, 0.15) is 37.6 Å². The van der Waals surface area contributed by atoms with Crippen LogP contribution in [0.3, 0.4) is 0 Å². The third-order valence-electron chi connectivity index (χ3n) is 3.69. The van der Waals surface area contributed by atoms with Crippen molar-refractivity contribution < 1.29 is 9.59 Å².